The third kappa shape index (κ3) is 3.14. The highest BCUT2D eigenvalue weighted by molar-refractivity contribution is 9.10. The fourth-order valence-corrected chi connectivity index (χ4v) is 2.33. The van der Waals surface area contributed by atoms with E-state index in [-0.39, 0.29) is 12.1 Å². The number of halogens is 1. The Bertz CT molecular complexity index is 459. The first-order valence-electron chi connectivity index (χ1n) is 5.77. The van der Waals surface area contributed by atoms with Crippen LogP contribution in [0.4, 0.5) is 16.2 Å². The number of carbonyl (C=O) groups is 1. The Labute approximate surface area is 114 Å². The van der Waals surface area contributed by atoms with Gasteiger partial charge in [0.25, 0.3) is 0 Å². The van der Waals surface area contributed by atoms with Gasteiger partial charge in [-0.05, 0) is 47.0 Å². The Morgan fingerprint density at radius 1 is 1.56 bits per heavy atom. The minimum absolute atomic E-state index is 0.0894. The second kappa shape index (κ2) is 5.58. The molecule has 0 aromatic heterocycles. The van der Waals surface area contributed by atoms with Crippen molar-refractivity contribution in [3.05, 3.63) is 22.2 Å². The smallest absolute Gasteiger partial charge is 0.319 e. The van der Waals surface area contributed by atoms with E-state index in [0.717, 1.165) is 16.5 Å². The summed E-state index contributed by atoms with van der Waals surface area (Å²) in [5.74, 6) is 0. The summed E-state index contributed by atoms with van der Waals surface area (Å²) in [7, 11) is 0. The summed E-state index contributed by atoms with van der Waals surface area (Å²) in [6.07, 6.45) is 0.852. The summed E-state index contributed by atoms with van der Waals surface area (Å²) < 4.78 is 6.01. The zero-order chi connectivity index (χ0) is 13.1. The van der Waals surface area contributed by atoms with Crippen molar-refractivity contribution in [1.82, 2.24) is 5.32 Å². The number of rotatable bonds is 2. The Morgan fingerprint density at radius 2 is 2.33 bits per heavy atom. The van der Waals surface area contributed by atoms with Crippen LogP contribution < -0.4 is 16.4 Å². The van der Waals surface area contributed by atoms with Gasteiger partial charge >= 0.3 is 6.03 Å². The number of benzene rings is 1. The monoisotopic (exact) mass is 313 g/mol. The van der Waals surface area contributed by atoms with Gasteiger partial charge in [0.05, 0.1) is 18.3 Å². The summed E-state index contributed by atoms with van der Waals surface area (Å²) in [5, 5.41) is 5.62. The third-order valence-corrected chi connectivity index (χ3v) is 3.52. The van der Waals surface area contributed by atoms with E-state index in [1.165, 1.54) is 0 Å². The molecule has 1 aromatic rings. The zero-order valence-electron chi connectivity index (χ0n) is 10.1. The second-order valence-corrected chi connectivity index (χ2v) is 5.20. The molecule has 0 radical (unpaired) electrons. The molecule has 0 spiro atoms. The Morgan fingerprint density at radius 3 is 3.00 bits per heavy atom. The van der Waals surface area contributed by atoms with Gasteiger partial charge < -0.3 is 21.1 Å². The fraction of sp³-hybridized carbons (Fsp3) is 0.417. The molecule has 6 heteroatoms. The van der Waals surface area contributed by atoms with Crippen LogP contribution in [0.5, 0.6) is 0 Å². The van der Waals surface area contributed by atoms with Gasteiger partial charge in [0.2, 0.25) is 0 Å². The van der Waals surface area contributed by atoms with Gasteiger partial charge in [0.15, 0.2) is 0 Å². The molecule has 1 aliphatic heterocycles. The number of anilines is 2. The zero-order valence-corrected chi connectivity index (χ0v) is 11.7. The van der Waals surface area contributed by atoms with Crippen molar-refractivity contribution in [3.8, 4) is 0 Å². The molecule has 1 atom stereocenters. The summed E-state index contributed by atoms with van der Waals surface area (Å²) in [6.45, 7) is 3.19. The molecule has 98 valence electrons. The number of hydrogen-bond acceptors (Lipinski definition) is 3. The molecule has 1 fully saturated rings. The van der Waals surface area contributed by atoms with E-state index in [2.05, 4.69) is 26.6 Å². The average molecular weight is 314 g/mol. The lowest BCUT2D eigenvalue weighted by Crippen LogP contribution is -2.38. The SMILES string of the molecule is Cc1cc(Br)c(NC(=O)NC2CCOC2)cc1N. The number of hydrogen-bond donors (Lipinski definition) is 3. The number of nitrogens with one attached hydrogen (secondary N) is 2. The van der Waals surface area contributed by atoms with E-state index < -0.39 is 0 Å². The molecule has 1 heterocycles. The van der Waals surface area contributed by atoms with E-state index in [0.29, 0.717) is 24.6 Å². The van der Waals surface area contributed by atoms with Crippen molar-refractivity contribution in [3.63, 3.8) is 0 Å². The molecule has 2 rings (SSSR count). The molecule has 2 amide bonds. The van der Waals surface area contributed by atoms with Crippen molar-refractivity contribution in [1.29, 1.82) is 0 Å². The lowest BCUT2D eigenvalue weighted by molar-refractivity contribution is 0.189. The predicted octanol–water partition coefficient (Wildman–Crippen LogP) is 2.25. The molecular formula is C12H16BrN3O2. The van der Waals surface area contributed by atoms with Crippen LogP contribution in [0.25, 0.3) is 0 Å². The van der Waals surface area contributed by atoms with Gasteiger partial charge in [0, 0.05) is 16.8 Å². The van der Waals surface area contributed by atoms with Gasteiger partial charge in [-0.1, -0.05) is 0 Å². The van der Waals surface area contributed by atoms with Crippen LogP contribution in [0.1, 0.15) is 12.0 Å². The molecule has 1 aromatic carbocycles. The first kappa shape index (κ1) is 13.2. The maximum absolute atomic E-state index is 11.8. The highest BCUT2D eigenvalue weighted by atomic mass is 79.9. The van der Waals surface area contributed by atoms with E-state index in [9.17, 15) is 4.79 Å². The Hall–Kier alpha value is -1.27. The molecule has 1 saturated heterocycles. The molecule has 1 unspecified atom stereocenters. The van der Waals surface area contributed by atoms with Crippen molar-refractivity contribution in [2.75, 3.05) is 24.3 Å². The predicted molar refractivity (Wildman–Crippen MR) is 74.7 cm³/mol. The quantitative estimate of drug-likeness (QED) is 0.733. The molecule has 4 N–H and O–H groups in total. The van der Waals surface area contributed by atoms with Crippen molar-refractivity contribution in [2.45, 2.75) is 19.4 Å². The number of urea groups is 1. The molecular weight excluding hydrogens is 298 g/mol. The van der Waals surface area contributed by atoms with Crippen LogP contribution in [0, 0.1) is 6.92 Å². The van der Waals surface area contributed by atoms with Crippen LogP contribution >= 0.6 is 15.9 Å². The number of carbonyl (C=O) groups excluding carboxylic acids is 1. The summed E-state index contributed by atoms with van der Waals surface area (Å²) in [4.78, 5) is 11.8. The maximum Gasteiger partial charge on any atom is 0.319 e. The minimum atomic E-state index is -0.241. The molecule has 0 aliphatic carbocycles. The van der Waals surface area contributed by atoms with Crippen LogP contribution in [0.15, 0.2) is 16.6 Å². The van der Waals surface area contributed by atoms with E-state index in [4.69, 9.17) is 10.5 Å². The Balaban J connectivity index is 2.00. The first-order valence-corrected chi connectivity index (χ1v) is 6.56. The van der Waals surface area contributed by atoms with Crippen LogP contribution in [0.3, 0.4) is 0 Å². The molecule has 0 bridgehead atoms. The molecule has 0 saturated carbocycles. The third-order valence-electron chi connectivity index (χ3n) is 2.87. The van der Waals surface area contributed by atoms with Crippen LogP contribution in [-0.2, 0) is 4.74 Å². The lowest BCUT2D eigenvalue weighted by Gasteiger charge is -2.14. The maximum atomic E-state index is 11.8. The number of aryl methyl sites for hydroxylation is 1. The summed E-state index contributed by atoms with van der Waals surface area (Å²) >= 11 is 3.40. The van der Waals surface area contributed by atoms with Gasteiger partial charge in [-0.15, -0.1) is 0 Å². The number of ether oxygens (including phenoxy) is 1. The lowest BCUT2D eigenvalue weighted by atomic mass is 10.2. The largest absolute Gasteiger partial charge is 0.398 e. The standard InChI is InChI=1S/C12H16BrN3O2/c1-7-4-9(13)11(5-10(7)14)16-12(17)15-8-2-3-18-6-8/h4-5,8H,2-3,6,14H2,1H3,(H2,15,16,17). The molecule has 18 heavy (non-hydrogen) atoms. The van der Waals surface area contributed by atoms with E-state index in [1.54, 1.807) is 6.07 Å². The van der Waals surface area contributed by atoms with Crippen molar-refractivity contribution >= 4 is 33.3 Å². The van der Waals surface area contributed by atoms with Gasteiger partial charge in [-0.3, -0.25) is 0 Å². The van der Waals surface area contributed by atoms with Gasteiger partial charge in [0.1, 0.15) is 0 Å². The van der Waals surface area contributed by atoms with Crippen LogP contribution in [-0.4, -0.2) is 25.3 Å². The van der Waals surface area contributed by atoms with E-state index in [1.807, 2.05) is 13.0 Å². The molecule has 1 aliphatic rings. The highest BCUT2D eigenvalue weighted by Gasteiger charge is 2.18. The number of nitrogens with two attached hydrogens (primary N) is 1. The van der Waals surface area contributed by atoms with Gasteiger partial charge in [-0.25, -0.2) is 4.79 Å². The number of nitrogen functional groups attached to an aromatic ring is 1. The number of amides is 2. The van der Waals surface area contributed by atoms with E-state index >= 15 is 0 Å². The van der Waals surface area contributed by atoms with Gasteiger partial charge in [-0.2, -0.15) is 0 Å². The minimum Gasteiger partial charge on any atom is -0.398 e. The highest BCUT2D eigenvalue weighted by Crippen LogP contribution is 2.27. The first-order chi connectivity index (χ1) is 8.56. The van der Waals surface area contributed by atoms with Crippen LogP contribution in [0.2, 0.25) is 0 Å². The van der Waals surface area contributed by atoms with Crippen molar-refractivity contribution < 1.29 is 9.53 Å². The second-order valence-electron chi connectivity index (χ2n) is 4.35. The summed E-state index contributed by atoms with van der Waals surface area (Å²) in [6, 6.07) is 3.47. The van der Waals surface area contributed by atoms with Crippen molar-refractivity contribution in [2.24, 2.45) is 0 Å². The normalized spacial score (nSPS) is 18.7. The average Bonchev–Trinajstić information content (AvgIpc) is 2.78. The fourth-order valence-electron chi connectivity index (χ4n) is 1.78. The Kier molecular flexibility index (Phi) is 4.08. The summed E-state index contributed by atoms with van der Waals surface area (Å²) in [5.41, 5.74) is 8.10. The topological polar surface area (TPSA) is 76.4 Å². The molecule has 5 nitrogen and oxygen atoms in total.